The molecule has 0 spiro atoms. The predicted molar refractivity (Wildman–Crippen MR) is 109 cm³/mol. The van der Waals surface area contributed by atoms with Gasteiger partial charge in [0.1, 0.15) is 0 Å². The van der Waals surface area contributed by atoms with Gasteiger partial charge in [0.25, 0.3) is 0 Å². The Bertz CT molecular complexity index is 442. The molecule has 1 saturated carbocycles. The molecule has 4 bridgehead atoms. The van der Waals surface area contributed by atoms with Crippen LogP contribution in [0, 0.1) is 3.57 Å². The van der Waals surface area contributed by atoms with Crippen LogP contribution in [-0.2, 0) is 11.5 Å². The second-order valence-corrected chi connectivity index (χ2v) is 10.4. The first-order valence-electron chi connectivity index (χ1n) is 8.68. The Kier molecular flexibility index (Phi) is 7.25. The Hall–Kier alpha value is 0.580. The fourth-order valence-corrected chi connectivity index (χ4v) is 6.53. The number of aromatic nitrogens is 1. The van der Waals surface area contributed by atoms with E-state index in [1.807, 2.05) is 0 Å². The quantitative estimate of drug-likeness (QED) is 0.426. The van der Waals surface area contributed by atoms with E-state index in [4.69, 9.17) is 4.98 Å². The van der Waals surface area contributed by atoms with E-state index < -0.39 is 0 Å². The molecule has 0 amide bonds. The van der Waals surface area contributed by atoms with Crippen molar-refractivity contribution in [2.24, 2.45) is 0 Å². The van der Waals surface area contributed by atoms with Crippen molar-refractivity contribution in [1.29, 1.82) is 0 Å². The third-order valence-electron chi connectivity index (χ3n) is 4.69. The summed E-state index contributed by atoms with van der Waals surface area (Å²) in [6, 6.07) is 4.55. The van der Waals surface area contributed by atoms with Crippen molar-refractivity contribution in [3.63, 3.8) is 0 Å². The van der Waals surface area contributed by atoms with Crippen molar-refractivity contribution in [3.05, 3.63) is 27.1 Å². The molecule has 1 fully saturated rings. The maximum Gasteiger partial charge on any atom is 0.0516 e. The summed E-state index contributed by atoms with van der Waals surface area (Å²) in [6.45, 7) is 0. The molecule has 4 heteroatoms. The van der Waals surface area contributed by atoms with Gasteiger partial charge in [-0.3, -0.25) is 4.98 Å². The lowest BCUT2D eigenvalue weighted by molar-refractivity contribution is 0.589. The number of pyridine rings is 1. The highest BCUT2D eigenvalue weighted by molar-refractivity contribution is 14.1. The molecule has 1 aromatic heterocycles. The van der Waals surface area contributed by atoms with Crippen LogP contribution in [-0.4, -0.2) is 15.5 Å². The van der Waals surface area contributed by atoms with Crippen LogP contribution in [0.3, 0.4) is 0 Å². The van der Waals surface area contributed by atoms with Crippen molar-refractivity contribution in [2.45, 2.75) is 79.8 Å². The van der Waals surface area contributed by atoms with Gasteiger partial charge in [-0.2, -0.15) is 23.5 Å². The zero-order valence-electron chi connectivity index (χ0n) is 13.2. The van der Waals surface area contributed by atoms with E-state index in [9.17, 15) is 0 Å². The van der Waals surface area contributed by atoms with Crippen LogP contribution in [0.5, 0.6) is 0 Å². The molecule has 3 rings (SSSR count). The van der Waals surface area contributed by atoms with Crippen molar-refractivity contribution in [2.75, 3.05) is 0 Å². The largest absolute Gasteiger partial charge is 0.256 e. The van der Waals surface area contributed by atoms with E-state index in [1.165, 1.54) is 72.7 Å². The summed E-state index contributed by atoms with van der Waals surface area (Å²) in [7, 11) is 0. The number of halogens is 1. The number of rotatable bonds is 0. The first-order valence-corrected chi connectivity index (χ1v) is 11.9. The average molecular weight is 447 g/mol. The Morgan fingerprint density at radius 3 is 1.82 bits per heavy atom. The first-order chi connectivity index (χ1) is 10.8. The van der Waals surface area contributed by atoms with Gasteiger partial charge >= 0.3 is 0 Å². The van der Waals surface area contributed by atoms with Gasteiger partial charge in [0.2, 0.25) is 0 Å². The topological polar surface area (TPSA) is 12.9 Å². The zero-order valence-corrected chi connectivity index (χ0v) is 17.0. The van der Waals surface area contributed by atoms with E-state index >= 15 is 0 Å². The minimum absolute atomic E-state index is 0.849. The number of thioether (sulfide) groups is 2. The standard InChI is InChI=1S/C18H26INS2/c19-14-10-15-12-21-17-6-4-2-1-3-5-7-18(9-8-17)22-13-16(11-14)20-15/h10-11,17-18H,1-9,12-13H2. The molecule has 0 radical (unpaired) electrons. The van der Waals surface area contributed by atoms with Gasteiger partial charge in [-0.25, -0.2) is 0 Å². The monoisotopic (exact) mass is 447 g/mol. The van der Waals surface area contributed by atoms with Gasteiger partial charge in [-0.15, -0.1) is 0 Å². The molecular formula is C18H26INS2. The Labute approximate surface area is 157 Å². The minimum Gasteiger partial charge on any atom is -0.256 e. The van der Waals surface area contributed by atoms with Crippen LogP contribution in [0.1, 0.15) is 69.2 Å². The molecule has 2 heterocycles. The fraction of sp³-hybridized carbons (Fsp3) is 0.722. The van der Waals surface area contributed by atoms with Crippen LogP contribution in [0.15, 0.2) is 12.1 Å². The van der Waals surface area contributed by atoms with E-state index in [-0.39, 0.29) is 0 Å². The summed E-state index contributed by atoms with van der Waals surface area (Å²) in [6.07, 6.45) is 12.9. The fourth-order valence-electron chi connectivity index (χ4n) is 3.43. The second kappa shape index (κ2) is 9.16. The number of hydrogen-bond acceptors (Lipinski definition) is 3. The molecule has 1 aliphatic heterocycles. The van der Waals surface area contributed by atoms with Crippen LogP contribution < -0.4 is 0 Å². The molecular weight excluding hydrogens is 421 g/mol. The Morgan fingerprint density at radius 1 is 0.773 bits per heavy atom. The molecule has 2 unspecified atom stereocenters. The molecule has 2 aliphatic rings. The Morgan fingerprint density at radius 2 is 1.27 bits per heavy atom. The number of nitrogens with zero attached hydrogens (tertiary/aromatic N) is 1. The molecule has 122 valence electrons. The molecule has 1 aliphatic carbocycles. The highest BCUT2D eigenvalue weighted by Crippen LogP contribution is 2.34. The lowest BCUT2D eigenvalue weighted by atomic mass is 10.1. The maximum absolute atomic E-state index is 4.91. The van der Waals surface area contributed by atoms with Gasteiger partial charge in [-0.05, 0) is 60.4 Å². The lowest BCUT2D eigenvalue weighted by Gasteiger charge is -2.19. The van der Waals surface area contributed by atoms with Crippen LogP contribution in [0.4, 0.5) is 0 Å². The van der Waals surface area contributed by atoms with Gasteiger partial charge in [0, 0.05) is 25.6 Å². The van der Waals surface area contributed by atoms with Crippen molar-refractivity contribution in [1.82, 2.24) is 4.98 Å². The minimum atomic E-state index is 0.849. The summed E-state index contributed by atoms with van der Waals surface area (Å²) < 4.78 is 1.35. The lowest BCUT2D eigenvalue weighted by Crippen LogP contribution is -2.09. The molecule has 0 N–H and O–H groups in total. The zero-order chi connectivity index (χ0) is 15.2. The summed E-state index contributed by atoms with van der Waals surface area (Å²) >= 11 is 6.79. The SMILES string of the molecule is Ic1cc2nc(c1)CSC1CCCCCCCC(CC1)SC2. The maximum atomic E-state index is 4.91. The second-order valence-electron chi connectivity index (χ2n) is 6.56. The third kappa shape index (κ3) is 5.59. The highest BCUT2D eigenvalue weighted by atomic mass is 127. The van der Waals surface area contributed by atoms with Gasteiger partial charge < -0.3 is 0 Å². The molecule has 0 aromatic carbocycles. The van der Waals surface area contributed by atoms with E-state index in [1.54, 1.807) is 0 Å². The summed E-state index contributed by atoms with van der Waals surface area (Å²) in [5.41, 5.74) is 2.59. The van der Waals surface area contributed by atoms with Crippen molar-refractivity contribution in [3.8, 4) is 0 Å². The van der Waals surface area contributed by atoms with Gasteiger partial charge in [0.15, 0.2) is 0 Å². The molecule has 22 heavy (non-hydrogen) atoms. The molecule has 0 saturated heterocycles. The van der Waals surface area contributed by atoms with Crippen molar-refractivity contribution < 1.29 is 0 Å². The van der Waals surface area contributed by atoms with E-state index in [0.717, 1.165) is 22.0 Å². The molecule has 1 nitrogen and oxygen atoms in total. The molecule has 1 aromatic rings. The smallest absolute Gasteiger partial charge is 0.0516 e. The van der Waals surface area contributed by atoms with E-state index in [0.29, 0.717) is 0 Å². The normalized spacial score (nSPS) is 27.7. The van der Waals surface area contributed by atoms with E-state index in [2.05, 4.69) is 58.2 Å². The summed E-state index contributed by atoms with van der Waals surface area (Å²) in [4.78, 5) is 4.91. The number of fused-ring (bicyclic) bond motifs is 5. The van der Waals surface area contributed by atoms with Crippen LogP contribution in [0.25, 0.3) is 0 Å². The van der Waals surface area contributed by atoms with Crippen LogP contribution >= 0.6 is 46.1 Å². The van der Waals surface area contributed by atoms with Gasteiger partial charge in [-0.1, -0.05) is 32.1 Å². The first kappa shape index (κ1) is 17.4. The average Bonchev–Trinajstić information content (AvgIpc) is 2.56. The summed E-state index contributed by atoms with van der Waals surface area (Å²) in [5.74, 6) is 2.20. The molecule has 2 atom stereocenters. The Balaban J connectivity index is 1.77. The van der Waals surface area contributed by atoms with Crippen LogP contribution in [0.2, 0.25) is 0 Å². The van der Waals surface area contributed by atoms with Gasteiger partial charge in [0.05, 0.1) is 11.4 Å². The highest BCUT2D eigenvalue weighted by Gasteiger charge is 2.18. The predicted octanol–water partition coefficient (Wildman–Crippen LogP) is 6.43. The third-order valence-corrected chi connectivity index (χ3v) is 8.13. The van der Waals surface area contributed by atoms with Crippen molar-refractivity contribution >= 4 is 46.1 Å². The summed E-state index contributed by atoms with van der Waals surface area (Å²) in [5, 5.41) is 1.70. The number of hydrogen-bond donors (Lipinski definition) is 0.